The van der Waals surface area contributed by atoms with Gasteiger partial charge in [-0.05, 0) is 59.4 Å². The average Bonchev–Trinajstić information content (AvgIpc) is 2.74. The van der Waals surface area contributed by atoms with Gasteiger partial charge in [-0.3, -0.25) is 19.3 Å². The van der Waals surface area contributed by atoms with Gasteiger partial charge in [0.05, 0.1) is 5.54 Å². The van der Waals surface area contributed by atoms with Gasteiger partial charge in [0, 0.05) is 25.8 Å². The van der Waals surface area contributed by atoms with Crippen molar-refractivity contribution in [1.29, 1.82) is 0 Å². The SMILES string of the molecule is BO[C@H](C)C(=O)N(C)CCN(C)[C@@H](C)C(=O)OCc1ccc(NC(C)(C)C(C)=O)cc1. The summed E-state index contributed by atoms with van der Waals surface area (Å²) >= 11 is 0. The first-order chi connectivity index (χ1) is 14.4. The summed E-state index contributed by atoms with van der Waals surface area (Å²) in [6.45, 7) is 9.86. The van der Waals surface area contributed by atoms with Crippen LogP contribution in [0.15, 0.2) is 24.3 Å². The molecule has 0 radical (unpaired) electrons. The van der Waals surface area contributed by atoms with Crippen LogP contribution in [0.4, 0.5) is 5.69 Å². The lowest BCUT2D eigenvalue weighted by Crippen LogP contribution is -2.44. The molecule has 0 fully saturated rings. The van der Waals surface area contributed by atoms with Gasteiger partial charge in [0.2, 0.25) is 5.91 Å². The van der Waals surface area contributed by atoms with E-state index in [1.54, 1.807) is 32.7 Å². The normalized spacial score (nSPS) is 13.4. The Hall–Kier alpha value is -2.39. The molecule has 0 heterocycles. The number of amides is 1. The molecular formula is C22H36BN3O5. The zero-order valence-electron chi connectivity index (χ0n) is 20.0. The van der Waals surface area contributed by atoms with Crippen molar-refractivity contribution in [2.24, 2.45) is 0 Å². The summed E-state index contributed by atoms with van der Waals surface area (Å²) in [5, 5.41) is 3.18. The molecule has 1 N–H and O–H groups in total. The minimum atomic E-state index is -0.645. The summed E-state index contributed by atoms with van der Waals surface area (Å²) < 4.78 is 10.5. The molecule has 0 bridgehead atoms. The molecule has 1 aromatic rings. The molecule has 0 aliphatic heterocycles. The Morgan fingerprint density at radius 2 is 1.68 bits per heavy atom. The molecule has 1 aromatic carbocycles. The molecule has 172 valence electrons. The first kappa shape index (κ1) is 26.6. The van der Waals surface area contributed by atoms with Crippen LogP contribution in [0.2, 0.25) is 0 Å². The molecular weight excluding hydrogens is 397 g/mol. The maximum atomic E-state index is 12.4. The van der Waals surface area contributed by atoms with Gasteiger partial charge < -0.3 is 19.6 Å². The molecule has 2 atom stereocenters. The van der Waals surface area contributed by atoms with Crippen LogP contribution >= 0.6 is 0 Å². The van der Waals surface area contributed by atoms with Gasteiger partial charge in [-0.2, -0.15) is 0 Å². The number of likely N-dealkylation sites (N-methyl/N-ethyl adjacent to an activating group) is 2. The first-order valence-electron chi connectivity index (χ1n) is 10.4. The highest BCUT2D eigenvalue weighted by molar-refractivity contribution is 6.00. The number of ketones is 1. The van der Waals surface area contributed by atoms with Crippen molar-refractivity contribution in [2.75, 3.05) is 32.5 Å². The fraction of sp³-hybridized carbons (Fsp3) is 0.591. The number of nitrogens with one attached hydrogen (secondary N) is 1. The third-order valence-electron chi connectivity index (χ3n) is 5.54. The summed E-state index contributed by atoms with van der Waals surface area (Å²) in [5.41, 5.74) is 1.03. The third kappa shape index (κ3) is 8.34. The number of rotatable bonds is 12. The Morgan fingerprint density at radius 3 is 2.19 bits per heavy atom. The highest BCUT2D eigenvalue weighted by Crippen LogP contribution is 2.17. The van der Waals surface area contributed by atoms with E-state index >= 15 is 0 Å². The van der Waals surface area contributed by atoms with Crippen LogP contribution in [0.3, 0.4) is 0 Å². The molecule has 0 aliphatic rings. The number of nitrogens with zero attached hydrogens (tertiary/aromatic N) is 2. The average molecular weight is 433 g/mol. The van der Waals surface area contributed by atoms with Crippen molar-refractivity contribution in [3.63, 3.8) is 0 Å². The fourth-order valence-electron chi connectivity index (χ4n) is 2.61. The predicted molar refractivity (Wildman–Crippen MR) is 123 cm³/mol. The second-order valence-corrected chi connectivity index (χ2v) is 8.41. The number of anilines is 1. The Bertz CT molecular complexity index is 754. The standard InChI is InChI=1S/C22H36BN3O5/c1-15(25(6)12-13-26(7)20(28)16(2)31-23)21(29)30-14-18-8-10-19(11-9-18)24-22(4,5)17(3)27/h8-11,15-16,24H,12-14,23H2,1-7H3/t15-,16+/m0/s1. The highest BCUT2D eigenvalue weighted by Gasteiger charge is 2.23. The maximum Gasteiger partial charge on any atom is 0.323 e. The van der Waals surface area contributed by atoms with E-state index in [1.807, 2.05) is 50.1 Å². The van der Waals surface area contributed by atoms with Crippen LogP contribution in [-0.2, 0) is 30.4 Å². The lowest BCUT2D eigenvalue weighted by atomic mass is 10.00. The van der Waals surface area contributed by atoms with Crippen molar-refractivity contribution in [2.45, 2.75) is 58.9 Å². The van der Waals surface area contributed by atoms with Crippen molar-refractivity contribution in [3.8, 4) is 0 Å². The van der Waals surface area contributed by atoms with E-state index in [2.05, 4.69) is 5.32 Å². The van der Waals surface area contributed by atoms with E-state index in [1.165, 1.54) is 8.05 Å². The summed E-state index contributed by atoms with van der Waals surface area (Å²) in [7, 11) is 5.03. The Kier molecular flexibility index (Phi) is 10.2. The number of esters is 1. The third-order valence-corrected chi connectivity index (χ3v) is 5.54. The second-order valence-electron chi connectivity index (χ2n) is 8.41. The quantitative estimate of drug-likeness (QED) is 0.392. The zero-order valence-corrected chi connectivity index (χ0v) is 20.0. The number of hydrogen-bond donors (Lipinski definition) is 1. The predicted octanol–water partition coefficient (Wildman–Crippen LogP) is 1.24. The molecule has 0 unspecified atom stereocenters. The summed E-state index contributed by atoms with van der Waals surface area (Å²) in [6.07, 6.45) is -0.493. The molecule has 9 heteroatoms. The zero-order chi connectivity index (χ0) is 23.8. The Labute approximate surface area is 186 Å². The van der Waals surface area contributed by atoms with E-state index in [0.717, 1.165) is 11.3 Å². The summed E-state index contributed by atoms with van der Waals surface area (Å²) in [4.78, 5) is 39.5. The minimum Gasteiger partial charge on any atom is -0.460 e. The molecule has 0 aliphatic carbocycles. The lowest BCUT2D eigenvalue weighted by molar-refractivity contribution is -0.150. The van der Waals surface area contributed by atoms with Gasteiger partial charge in [0.15, 0.2) is 5.78 Å². The smallest absolute Gasteiger partial charge is 0.323 e. The molecule has 0 saturated heterocycles. The van der Waals surface area contributed by atoms with Crippen molar-refractivity contribution < 1.29 is 23.8 Å². The molecule has 31 heavy (non-hydrogen) atoms. The van der Waals surface area contributed by atoms with Crippen molar-refractivity contribution in [1.82, 2.24) is 9.80 Å². The van der Waals surface area contributed by atoms with Gasteiger partial charge in [-0.25, -0.2) is 0 Å². The van der Waals surface area contributed by atoms with Gasteiger partial charge in [-0.1, -0.05) is 12.1 Å². The van der Waals surface area contributed by atoms with Crippen molar-refractivity contribution >= 4 is 31.4 Å². The molecule has 0 aromatic heterocycles. The molecule has 1 rings (SSSR count). The Morgan fingerprint density at radius 1 is 1.10 bits per heavy atom. The minimum absolute atomic E-state index is 0.0485. The maximum absolute atomic E-state index is 12.4. The number of ether oxygens (including phenoxy) is 1. The van der Waals surface area contributed by atoms with Crippen LogP contribution in [-0.4, -0.2) is 80.4 Å². The fourth-order valence-corrected chi connectivity index (χ4v) is 2.61. The lowest BCUT2D eigenvalue weighted by Gasteiger charge is -2.27. The van der Waals surface area contributed by atoms with E-state index in [-0.39, 0.29) is 24.3 Å². The van der Waals surface area contributed by atoms with Crippen molar-refractivity contribution in [3.05, 3.63) is 29.8 Å². The van der Waals surface area contributed by atoms with Gasteiger partial charge in [0.1, 0.15) is 18.8 Å². The van der Waals surface area contributed by atoms with Crippen LogP contribution < -0.4 is 5.32 Å². The van der Waals surface area contributed by atoms with Gasteiger partial charge in [-0.15, -0.1) is 0 Å². The number of carbonyl (C=O) groups is 3. The topological polar surface area (TPSA) is 88.2 Å². The number of carbonyl (C=O) groups excluding carboxylic acids is 3. The molecule has 0 saturated carbocycles. The van der Waals surface area contributed by atoms with E-state index in [4.69, 9.17) is 9.39 Å². The van der Waals surface area contributed by atoms with Crippen LogP contribution in [0, 0.1) is 0 Å². The summed E-state index contributed by atoms with van der Waals surface area (Å²) in [5.74, 6) is -0.384. The van der Waals surface area contributed by atoms with Crippen LogP contribution in [0.5, 0.6) is 0 Å². The monoisotopic (exact) mass is 433 g/mol. The summed E-state index contributed by atoms with van der Waals surface area (Å²) in [6, 6.07) is 6.99. The van der Waals surface area contributed by atoms with E-state index in [0.29, 0.717) is 13.1 Å². The molecule has 8 nitrogen and oxygen atoms in total. The second kappa shape index (κ2) is 11.9. The molecule has 1 amide bonds. The van der Waals surface area contributed by atoms with Crippen LogP contribution in [0.1, 0.15) is 40.2 Å². The van der Waals surface area contributed by atoms with Gasteiger partial charge >= 0.3 is 5.97 Å². The number of hydrogen-bond acceptors (Lipinski definition) is 7. The highest BCUT2D eigenvalue weighted by atomic mass is 16.5. The largest absolute Gasteiger partial charge is 0.460 e. The number of Topliss-reactive ketones (excluding diaryl/α,β-unsaturated/α-hetero) is 1. The number of benzene rings is 1. The van der Waals surface area contributed by atoms with Crippen LogP contribution in [0.25, 0.3) is 0 Å². The van der Waals surface area contributed by atoms with Gasteiger partial charge in [0.25, 0.3) is 8.05 Å². The first-order valence-corrected chi connectivity index (χ1v) is 10.4. The Balaban J connectivity index is 2.50. The van der Waals surface area contributed by atoms with E-state index < -0.39 is 17.7 Å². The van der Waals surface area contributed by atoms with E-state index in [9.17, 15) is 14.4 Å². The molecule has 0 spiro atoms.